The molecule has 0 fully saturated rings. The van der Waals surface area contributed by atoms with E-state index >= 15 is 0 Å². The fourth-order valence-electron chi connectivity index (χ4n) is 1.04. The molecule has 8 heteroatoms. The van der Waals surface area contributed by atoms with E-state index in [0.29, 0.717) is 0 Å². The van der Waals surface area contributed by atoms with Crippen LogP contribution >= 0.6 is 0 Å². The molecule has 0 unspecified atom stereocenters. The van der Waals surface area contributed by atoms with Crippen LogP contribution in [0.5, 0.6) is 0 Å². The van der Waals surface area contributed by atoms with Gasteiger partial charge in [-0.2, -0.15) is 0 Å². The molecule has 0 heterocycles. The number of carbonyl (C=O) groups is 3. The normalized spacial score (nSPS) is 8.47. The molecule has 6 nitrogen and oxygen atoms in total. The van der Waals surface area contributed by atoms with Crippen molar-refractivity contribution in [2.24, 2.45) is 0 Å². The Bertz CT molecular complexity index is 459. The van der Waals surface area contributed by atoms with Gasteiger partial charge in [-0.25, -0.2) is 14.4 Å². The quantitative estimate of drug-likeness (QED) is 0.709. The third-order valence-corrected chi connectivity index (χ3v) is 1.73. The molecule has 1 aromatic carbocycles. The van der Waals surface area contributed by atoms with Crippen molar-refractivity contribution in [2.45, 2.75) is 0 Å². The standard InChI is InChI=1S/C9H6O6.Cr.Ni/c10-7(11)4-1-2-5(8(12)13)6(3-4)9(14)15;;/h1-3H,(H,10,11)(H,12,13)(H,14,15);;. The van der Waals surface area contributed by atoms with Gasteiger partial charge in [0.1, 0.15) is 0 Å². The Morgan fingerprint density at radius 3 is 1.65 bits per heavy atom. The summed E-state index contributed by atoms with van der Waals surface area (Å²) in [7, 11) is 0. The maximum absolute atomic E-state index is 10.6. The summed E-state index contributed by atoms with van der Waals surface area (Å²) in [6.45, 7) is 0. The van der Waals surface area contributed by atoms with Gasteiger partial charge < -0.3 is 15.3 Å². The summed E-state index contributed by atoms with van der Waals surface area (Å²) >= 11 is 0. The summed E-state index contributed by atoms with van der Waals surface area (Å²) in [5.41, 5.74) is -1.24. The summed E-state index contributed by atoms with van der Waals surface area (Å²) in [5, 5.41) is 25.9. The second-order valence-corrected chi connectivity index (χ2v) is 2.68. The molecule has 0 aliphatic carbocycles. The van der Waals surface area contributed by atoms with Crippen LogP contribution in [0.2, 0.25) is 0 Å². The number of hydrogen-bond donors (Lipinski definition) is 3. The summed E-state index contributed by atoms with van der Waals surface area (Å²) in [6, 6.07) is 2.81. The van der Waals surface area contributed by atoms with Crippen molar-refractivity contribution in [3.63, 3.8) is 0 Å². The smallest absolute Gasteiger partial charge is 0.336 e. The Morgan fingerprint density at radius 1 is 0.824 bits per heavy atom. The number of carboxylic acids is 3. The largest absolute Gasteiger partial charge is 0.478 e. The maximum Gasteiger partial charge on any atom is 0.336 e. The third kappa shape index (κ3) is 4.19. The number of benzene rings is 1. The van der Waals surface area contributed by atoms with Crippen LogP contribution < -0.4 is 0 Å². The first-order valence-corrected chi connectivity index (χ1v) is 3.77. The fraction of sp³-hybridized carbons (Fsp3) is 0. The van der Waals surface area contributed by atoms with Crippen molar-refractivity contribution in [2.75, 3.05) is 0 Å². The van der Waals surface area contributed by atoms with Gasteiger partial charge >= 0.3 is 17.9 Å². The first-order chi connectivity index (χ1) is 6.93. The van der Waals surface area contributed by atoms with Gasteiger partial charge in [0.2, 0.25) is 0 Å². The summed E-state index contributed by atoms with van der Waals surface area (Å²) in [6.07, 6.45) is 0. The maximum atomic E-state index is 10.6. The third-order valence-electron chi connectivity index (χ3n) is 1.73. The topological polar surface area (TPSA) is 112 Å². The Kier molecular flexibility index (Phi) is 7.50. The van der Waals surface area contributed by atoms with Crippen molar-refractivity contribution in [1.82, 2.24) is 0 Å². The van der Waals surface area contributed by atoms with Crippen LogP contribution in [0.15, 0.2) is 18.2 Å². The zero-order chi connectivity index (χ0) is 11.6. The first-order valence-electron chi connectivity index (χ1n) is 3.77. The molecule has 0 atom stereocenters. The molecule has 0 saturated carbocycles. The molecule has 0 bridgehead atoms. The van der Waals surface area contributed by atoms with Gasteiger partial charge in [0.15, 0.2) is 0 Å². The minimum absolute atomic E-state index is 0. The summed E-state index contributed by atoms with van der Waals surface area (Å²) in [4.78, 5) is 31.8. The van der Waals surface area contributed by atoms with E-state index in [-0.39, 0.29) is 39.4 Å². The van der Waals surface area contributed by atoms with Gasteiger partial charge in [0.05, 0.1) is 16.7 Å². The van der Waals surface area contributed by atoms with E-state index < -0.39 is 29.0 Å². The number of carboxylic acid groups (broad SMARTS) is 3. The molecule has 0 aromatic heterocycles. The Morgan fingerprint density at radius 2 is 1.29 bits per heavy atom. The van der Waals surface area contributed by atoms with Crippen molar-refractivity contribution < 1.29 is 63.6 Å². The van der Waals surface area contributed by atoms with Crippen LogP contribution in [0.4, 0.5) is 0 Å². The molecule has 3 N–H and O–H groups in total. The molecule has 1 rings (SSSR count). The van der Waals surface area contributed by atoms with E-state index in [1.165, 1.54) is 0 Å². The van der Waals surface area contributed by atoms with Gasteiger partial charge in [-0.3, -0.25) is 0 Å². The minimum Gasteiger partial charge on any atom is -0.478 e. The van der Waals surface area contributed by atoms with E-state index in [9.17, 15) is 14.4 Å². The SMILES string of the molecule is O=C(O)c1ccc(C(=O)O)c(C(=O)O)c1.[Cr].[Ni]. The average molecular weight is 321 g/mol. The van der Waals surface area contributed by atoms with E-state index in [4.69, 9.17) is 15.3 Å². The molecule has 1 aromatic rings. The molecule has 0 aliphatic heterocycles. The van der Waals surface area contributed by atoms with E-state index in [1.54, 1.807) is 0 Å². The van der Waals surface area contributed by atoms with E-state index in [1.807, 2.05) is 0 Å². The van der Waals surface area contributed by atoms with Gasteiger partial charge in [0.25, 0.3) is 0 Å². The molecule has 0 amide bonds. The second kappa shape index (κ2) is 7.07. The van der Waals surface area contributed by atoms with E-state index in [2.05, 4.69) is 0 Å². The first kappa shape index (κ1) is 18.0. The summed E-state index contributed by atoms with van der Waals surface area (Å²) in [5.74, 6) is -4.20. The van der Waals surface area contributed by atoms with Gasteiger partial charge in [-0.1, -0.05) is 0 Å². The van der Waals surface area contributed by atoms with Crippen molar-refractivity contribution in [3.8, 4) is 0 Å². The molecule has 0 aliphatic rings. The van der Waals surface area contributed by atoms with Crippen LogP contribution in [-0.2, 0) is 33.9 Å². The Balaban J connectivity index is 0. The van der Waals surface area contributed by atoms with Crippen LogP contribution in [0.25, 0.3) is 0 Å². The molecule has 94 valence electrons. The van der Waals surface area contributed by atoms with Crippen LogP contribution in [0, 0.1) is 0 Å². The van der Waals surface area contributed by atoms with E-state index in [0.717, 1.165) is 18.2 Å². The number of hydrogen-bond acceptors (Lipinski definition) is 3. The van der Waals surface area contributed by atoms with Crippen molar-refractivity contribution >= 4 is 17.9 Å². The predicted octanol–water partition coefficient (Wildman–Crippen LogP) is 0.776. The molecule has 0 saturated heterocycles. The van der Waals surface area contributed by atoms with Gasteiger partial charge in [-0.05, 0) is 18.2 Å². The second-order valence-electron chi connectivity index (χ2n) is 2.68. The van der Waals surface area contributed by atoms with Crippen LogP contribution in [0.1, 0.15) is 31.1 Å². The number of aromatic carboxylic acids is 3. The van der Waals surface area contributed by atoms with Gasteiger partial charge in [0, 0.05) is 33.9 Å². The van der Waals surface area contributed by atoms with Crippen molar-refractivity contribution in [1.29, 1.82) is 0 Å². The van der Waals surface area contributed by atoms with Crippen molar-refractivity contribution in [3.05, 3.63) is 34.9 Å². The zero-order valence-corrected chi connectivity index (χ0v) is 10.3. The molecule has 0 spiro atoms. The Hall–Kier alpha value is -1.34. The monoisotopic (exact) mass is 320 g/mol. The summed E-state index contributed by atoms with van der Waals surface area (Å²) < 4.78 is 0. The average Bonchev–Trinajstić information content (AvgIpc) is 2.16. The molecule has 0 radical (unpaired) electrons. The van der Waals surface area contributed by atoms with Crippen LogP contribution in [0.3, 0.4) is 0 Å². The fourth-order valence-corrected chi connectivity index (χ4v) is 1.04. The Labute approximate surface area is 116 Å². The zero-order valence-electron chi connectivity index (χ0n) is 8.02. The van der Waals surface area contributed by atoms with Gasteiger partial charge in [-0.15, -0.1) is 0 Å². The molecular formula is C9H6CrNiO6. The molecular weight excluding hydrogens is 315 g/mol. The number of rotatable bonds is 3. The predicted molar refractivity (Wildman–Crippen MR) is 47.3 cm³/mol. The minimum atomic E-state index is -1.48. The van der Waals surface area contributed by atoms with Crippen LogP contribution in [-0.4, -0.2) is 33.2 Å². The molecule has 17 heavy (non-hydrogen) atoms.